The van der Waals surface area contributed by atoms with Gasteiger partial charge < -0.3 is 15.2 Å². The largest absolute Gasteiger partial charge is 0.497 e. The van der Waals surface area contributed by atoms with E-state index in [9.17, 15) is 5.11 Å². The van der Waals surface area contributed by atoms with E-state index in [4.69, 9.17) is 4.74 Å². The molecule has 2 rings (SSSR count). The van der Waals surface area contributed by atoms with E-state index in [0.29, 0.717) is 0 Å². The van der Waals surface area contributed by atoms with E-state index in [2.05, 4.69) is 12.2 Å². The quantitative estimate of drug-likeness (QED) is 0.779. The van der Waals surface area contributed by atoms with Crippen LogP contribution in [0.25, 0.3) is 0 Å². The highest BCUT2D eigenvalue weighted by atomic mass is 16.5. The van der Waals surface area contributed by atoms with Gasteiger partial charge in [-0.05, 0) is 49.4 Å². The molecule has 1 aliphatic carbocycles. The molecule has 0 aliphatic heterocycles. The molecule has 0 amide bonds. The molecule has 1 saturated carbocycles. The van der Waals surface area contributed by atoms with Crippen LogP contribution in [-0.4, -0.2) is 25.4 Å². The van der Waals surface area contributed by atoms with Crippen LogP contribution >= 0.6 is 0 Å². The summed E-state index contributed by atoms with van der Waals surface area (Å²) in [5.74, 6) is 1.66. The van der Waals surface area contributed by atoms with Crippen molar-refractivity contribution in [1.82, 2.24) is 5.32 Å². The van der Waals surface area contributed by atoms with E-state index in [1.807, 2.05) is 24.3 Å². The minimum Gasteiger partial charge on any atom is -0.497 e. The van der Waals surface area contributed by atoms with Crippen molar-refractivity contribution in [2.24, 2.45) is 5.92 Å². The summed E-state index contributed by atoms with van der Waals surface area (Å²) in [5.41, 5.74) is 0.823. The van der Waals surface area contributed by atoms with Gasteiger partial charge in [-0.1, -0.05) is 19.1 Å². The molecule has 1 aliphatic rings. The molecule has 3 heteroatoms. The van der Waals surface area contributed by atoms with E-state index < -0.39 is 0 Å². The predicted octanol–water partition coefficient (Wildman–Crippen LogP) is 2.29. The lowest BCUT2D eigenvalue weighted by atomic mass is 9.87. The van der Waals surface area contributed by atoms with Gasteiger partial charge in [0.25, 0.3) is 0 Å². The Morgan fingerprint density at radius 2 is 2.00 bits per heavy atom. The van der Waals surface area contributed by atoms with Crippen molar-refractivity contribution in [2.45, 2.75) is 31.7 Å². The van der Waals surface area contributed by atoms with Gasteiger partial charge in [-0.25, -0.2) is 0 Å². The molecule has 1 fully saturated rings. The molecule has 3 nitrogen and oxygen atoms in total. The normalized spacial score (nSPS) is 18.4. The number of aliphatic hydroxyl groups is 1. The molecule has 1 aromatic rings. The van der Waals surface area contributed by atoms with Gasteiger partial charge >= 0.3 is 0 Å². The maximum Gasteiger partial charge on any atom is 0.118 e. The molecule has 1 aromatic carbocycles. The molecular formula is C15H23NO2. The van der Waals surface area contributed by atoms with Crippen LogP contribution in [0.3, 0.4) is 0 Å². The number of ether oxygens (including phenoxy) is 1. The second kappa shape index (κ2) is 5.72. The van der Waals surface area contributed by atoms with Gasteiger partial charge in [0.05, 0.1) is 19.3 Å². The van der Waals surface area contributed by atoms with Crippen LogP contribution in [0.4, 0.5) is 0 Å². The van der Waals surface area contributed by atoms with Crippen LogP contribution in [0, 0.1) is 5.92 Å². The summed E-state index contributed by atoms with van der Waals surface area (Å²) < 4.78 is 5.17. The molecule has 1 atom stereocenters. The van der Waals surface area contributed by atoms with E-state index >= 15 is 0 Å². The maximum atomic E-state index is 9.80. The zero-order valence-corrected chi connectivity index (χ0v) is 11.3. The summed E-state index contributed by atoms with van der Waals surface area (Å²) in [6.45, 7) is 3.24. The van der Waals surface area contributed by atoms with Crippen molar-refractivity contribution in [3.63, 3.8) is 0 Å². The van der Waals surface area contributed by atoms with Crippen molar-refractivity contribution < 1.29 is 9.84 Å². The van der Waals surface area contributed by atoms with Gasteiger partial charge in [0.15, 0.2) is 0 Å². The molecule has 0 saturated heterocycles. The number of rotatable bonds is 7. The van der Waals surface area contributed by atoms with Crippen molar-refractivity contribution in [3.8, 4) is 5.75 Å². The molecule has 0 aromatic heterocycles. The van der Waals surface area contributed by atoms with Crippen molar-refractivity contribution in [1.29, 1.82) is 0 Å². The highest BCUT2D eigenvalue weighted by molar-refractivity contribution is 5.32. The highest BCUT2D eigenvalue weighted by Crippen LogP contribution is 2.31. The molecule has 2 N–H and O–H groups in total. The number of hydrogen-bond acceptors (Lipinski definition) is 3. The number of aliphatic hydroxyl groups excluding tert-OH is 1. The lowest BCUT2D eigenvalue weighted by Crippen LogP contribution is -2.46. The lowest BCUT2D eigenvalue weighted by Gasteiger charge is -2.33. The standard InChI is InChI=1S/C15H23NO2/c1-3-15(11-17,16-10-12-4-5-12)13-6-8-14(18-2)9-7-13/h6-9,12,16-17H,3-5,10-11H2,1-2H3. The van der Waals surface area contributed by atoms with Crippen molar-refractivity contribution in [2.75, 3.05) is 20.3 Å². The van der Waals surface area contributed by atoms with Crippen molar-refractivity contribution in [3.05, 3.63) is 29.8 Å². The average Bonchev–Trinajstić information content (AvgIpc) is 3.25. The third-order valence-electron chi connectivity index (χ3n) is 3.94. The summed E-state index contributed by atoms with van der Waals surface area (Å²) in [6, 6.07) is 7.99. The topological polar surface area (TPSA) is 41.5 Å². The van der Waals surface area contributed by atoms with Crippen LogP contribution in [0.2, 0.25) is 0 Å². The van der Waals surface area contributed by atoms with Gasteiger partial charge in [-0.15, -0.1) is 0 Å². The summed E-state index contributed by atoms with van der Waals surface area (Å²) >= 11 is 0. The van der Waals surface area contributed by atoms with Crippen LogP contribution in [0.15, 0.2) is 24.3 Å². The molecule has 0 radical (unpaired) electrons. The number of methoxy groups -OCH3 is 1. The molecule has 0 bridgehead atoms. The highest BCUT2D eigenvalue weighted by Gasteiger charge is 2.32. The average molecular weight is 249 g/mol. The summed E-state index contributed by atoms with van der Waals surface area (Å²) in [5, 5.41) is 13.4. The minimum absolute atomic E-state index is 0.128. The molecule has 100 valence electrons. The monoisotopic (exact) mass is 249 g/mol. The van der Waals surface area contributed by atoms with Gasteiger partial charge in [0.2, 0.25) is 0 Å². The zero-order valence-electron chi connectivity index (χ0n) is 11.3. The molecule has 0 spiro atoms. The first kappa shape index (κ1) is 13.4. The first-order valence-electron chi connectivity index (χ1n) is 6.74. The minimum atomic E-state index is -0.311. The number of hydrogen-bond donors (Lipinski definition) is 2. The van der Waals surface area contributed by atoms with Crippen LogP contribution in [-0.2, 0) is 5.54 Å². The van der Waals surface area contributed by atoms with Crippen LogP contribution in [0.1, 0.15) is 31.7 Å². The molecular weight excluding hydrogens is 226 g/mol. The fourth-order valence-electron chi connectivity index (χ4n) is 2.26. The third kappa shape index (κ3) is 2.85. The second-order valence-corrected chi connectivity index (χ2v) is 5.15. The molecule has 18 heavy (non-hydrogen) atoms. The Morgan fingerprint density at radius 1 is 1.33 bits per heavy atom. The number of nitrogens with one attached hydrogen (secondary N) is 1. The van der Waals surface area contributed by atoms with E-state index in [1.165, 1.54) is 12.8 Å². The van der Waals surface area contributed by atoms with Crippen molar-refractivity contribution >= 4 is 0 Å². The maximum absolute atomic E-state index is 9.80. The van der Waals surface area contributed by atoms with Gasteiger partial charge in [0, 0.05) is 0 Å². The van der Waals surface area contributed by atoms with Gasteiger partial charge in [-0.3, -0.25) is 0 Å². The van der Waals surface area contributed by atoms with Gasteiger partial charge in [0.1, 0.15) is 5.75 Å². The van der Waals surface area contributed by atoms with E-state index in [-0.39, 0.29) is 12.1 Å². The van der Waals surface area contributed by atoms with Crippen LogP contribution < -0.4 is 10.1 Å². The molecule has 1 unspecified atom stereocenters. The fourth-order valence-corrected chi connectivity index (χ4v) is 2.26. The first-order valence-corrected chi connectivity index (χ1v) is 6.74. The third-order valence-corrected chi connectivity index (χ3v) is 3.94. The Balaban J connectivity index is 2.14. The molecule has 0 heterocycles. The Hall–Kier alpha value is -1.06. The van der Waals surface area contributed by atoms with Gasteiger partial charge in [-0.2, -0.15) is 0 Å². The van der Waals surface area contributed by atoms with E-state index in [0.717, 1.165) is 30.2 Å². The fraction of sp³-hybridized carbons (Fsp3) is 0.600. The summed E-state index contributed by atoms with van der Waals surface area (Å²) in [6.07, 6.45) is 3.52. The predicted molar refractivity (Wildman–Crippen MR) is 72.8 cm³/mol. The summed E-state index contributed by atoms with van der Waals surface area (Å²) in [7, 11) is 1.67. The Kier molecular flexibility index (Phi) is 4.25. The Labute approximate surface area is 109 Å². The lowest BCUT2D eigenvalue weighted by molar-refractivity contribution is 0.154. The summed E-state index contributed by atoms with van der Waals surface area (Å²) in [4.78, 5) is 0. The van der Waals surface area contributed by atoms with Crippen LogP contribution in [0.5, 0.6) is 5.75 Å². The van der Waals surface area contributed by atoms with E-state index in [1.54, 1.807) is 7.11 Å². The Bertz CT molecular complexity index is 367. The Morgan fingerprint density at radius 3 is 2.44 bits per heavy atom. The second-order valence-electron chi connectivity index (χ2n) is 5.15. The first-order chi connectivity index (χ1) is 8.74. The zero-order chi connectivity index (χ0) is 13.0. The smallest absolute Gasteiger partial charge is 0.118 e. The SMILES string of the molecule is CCC(CO)(NCC1CC1)c1ccc(OC)cc1. The number of benzene rings is 1.